The van der Waals surface area contributed by atoms with Gasteiger partial charge in [0.15, 0.2) is 0 Å². The number of nitrogens with zero attached hydrogens (tertiary/aromatic N) is 2. The third-order valence-electron chi connectivity index (χ3n) is 3.33. The van der Waals surface area contributed by atoms with Crippen molar-refractivity contribution in [1.29, 1.82) is 0 Å². The maximum absolute atomic E-state index is 12.0. The molecule has 0 spiro atoms. The summed E-state index contributed by atoms with van der Waals surface area (Å²) in [7, 11) is 0. The third kappa shape index (κ3) is 4.69. The summed E-state index contributed by atoms with van der Waals surface area (Å²) in [6, 6.07) is -1.33. The summed E-state index contributed by atoms with van der Waals surface area (Å²) in [5.41, 5.74) is 4.96. The number of carbonyl (C=O) groups excluding carboxylic acids is 2. The van der Waals surface area contributed by atoms with Gasteiger partial charge in [0.1, 0.15) is 6.04 Å². The lowest BCUT2D eigenvalue weighted by atomic mass is 10.2. The van der Waals surface area contributed by atoms with Crippen molar-refractivity contribution in [2.75, 3.05) is 26.2 Å². The van der Waals surface area contributed by atoms with Crippen molar-refractivity contribution in [3.05, 3.63) is 0 Å². The fraction of sp³-hybridized carbons (Fsp3) is 0.750. The van der Waals surface area contributed by atoms with Crippen LogP contribution in [0.4, 0.5) is 4.79 Å². The van der Waals surface area contributed by atoms with Crippen molar-refractivity contribution >= 4 is 17.9 Å². The number of aliphatic carboxylic acids is 1. The zero-order valence-electron chi connectivity index (χ0n) is 11.8. The first-order chi connectivity index (χ1) is 9.31. The van der Waals surface area contributed by atoms with Crippen LogP contribution < -0.4 is 11.1 Å². The summed E-state index contributed by atoms with van der Waals surface area (Å²) in [5.74, 6) is -2.03. The molecule has 1 heterocycles. The number of rotatable bonds is 5. The molecular formula is C12H22N4O4. The maximum atomic E-state index is 12.0. The van der Waals surface area contributed by atoms with Gasteiger partial charge in [-0.05, 0) is 13.8 Å². The lowest BCUT2D eigenvalue weighted by Crippen LogP contribution is -2.56. The zero-order valence-corrected chi connectivity index (χ0v) is 11.8. The Morgan fingerprint density at radius 1 is 1.20 bits per heavy atom. The molecule has 0 aromatic rings. The number of hydrogen-bond acceptors (Lipinski definition) is 4. The predicted molar refractivity (Wildman–Crippen MR) is 72.0 cm³/mol. The zero-order chi connectivity index (χ0) is 15.3. The molecule has 4 N–H and O–H groups in total. The lowest BCUT2D eigenvalue weighted by Gasteiger charge is -2.37. The van der Waals surface area contributed by atoms with Crippen LogP contribution in [0.2, 0.25) is 0 Å². The minimum atomic E-state index is -1.27. The number of amides is 3. The monoisotopic (exact) mass is 286 g/mol. The first-order valence-electron chi connectivity index (χ1n) is 6.62. The Morgan fingerprint density at radius 3 is 2.15 bits per heavy atom. The van der Waals surface area contributed by atoms with Crippen LogP contribution in [0, 0.1) is 0 Å². The minimum Gasteiger partial charge on any atom is -0.480 e. The Kier molecular flexibility index (Phi) is 5.75. The van der Waals surface area contributed by atoms with Gasteiger partial charge < -0.3 is 21.1 Å². The van der Waals surface area contributed by atoms with Crippen LogP contribution in [-0.2, 0) is 9.59 Å². The van der Waals surface area contributed by atoms with Crippen molar-refractivity contribution < 1.29 is 19.5 Å². The highest BCUT2D eigenvalue weighted by Crippen LogP contribution is 2.06. The number of nitrogens with two attached hydrogens (primary N) is 1. The SMILES string of the molecule is CC(C)N1CCN(C(=O)N[C@@H](CC(N)=O)C(=O)O)CC1. The summed E-state index contributed by atoms with van der Waals surface area (Å²) in [4.78, 5) is 37.5. The number of hydrogen-bond donors (Lipinski definition) is 3. The molecule has 0 aliphatic carbocycles. The average Bonchev–Trinajstić information content (AvgIpc) is 2.37. The number of piperazine rings is 1. The van der Waals surface area contributed by atoms with E-state index in [-0.39, 0.29) is 0 Å². The number of carboxylic acids is 1. The van der Waals surface area contributed by atoms with Gasteiger partial charge in [-0.15, -0.1) is 0 Å². The normalized spacial score (nSPS) is 17.9. The maximum Gasteiger partial charge on any atom is 0.326 e. The molecule has 114 valence electrons. The van der Waals surface area contributed by atoms with E-state index in [9.17, 15) is 14.4 Å². The molecule has 0 radical (unpaired) electrons. The molecule has 1 fully saturated rings. The minimum absolute atomic E-state index is 0.410. The molecule has 0 unspecified atom stereocenters. The van der Waals surface area contributed by atoms with Gasteiger partial charge in [-0.3, -0.25) is 9.69 Å². The van der Waals surface area contributed by atoms with E-state index in [4.69, 9.17) is 10.8 Å². The molecule has 20 heavy (non-hydrogen) atoms. The van der Waals surface area contributed by atoms with Crippen molar-refractivity contribution in [2.24, 2.45) is 5.73 Å². The van der Waals surface area contributed by atoms with Crippen LogP contribution in [0.15, 0.2) is 0 Å². The largest absolute Gasteiger partial charge is 0.480 e. The number of primary amides is 1. The highest BCUT2D eigenvalue weighted by molar-refractivity contribution is 5.87. The Balaban J connectivity index is 2.50. The number of nitrogens with one attached hydrogen (secondary N) is 1. The summed E-state index contributed by atoms with van der Waals surface area (Å²) < 4.78 is 0. The van der Waals surface area contributed by atoms with Crippen molar-refractivity contribution in [1.82, 2.24) is 15.1 Å². The molecule has 1 aliphatic rings. The van der Waals surface area contributed by atoms with Gasteiger partial charge in [-0.2, -0.15) is 0 Å². The highest BCUT2D eigenvalue weighted by atomic mass is 16.4. The molecule has 0 saturated carbocycles. The summed E-state index contributed by atoms with van der Waals surface area (Å²) >= 11 is 0. The quantitative estimate of drug-likeness (QED) is 0.602. The second-order valence-corrected chi connectivity index (χ2v) is 5.13. The fourth-order valence-electron chi connectivity index (χ4n) is 2.08. The lowest BCUT2D eigenvalue weighted by molar-refractivity contribution is -0.141. The summed E-state index contributed by atoms with van der Waals surface area (Å²) in [5, 5.41) is 11.3. The number of carbonyl (C=O) groups is 3. The van der Waals surface area contributed by atoms with E-state index in [0.717, 1.165) is 13.1 Å². The molecular weight excluding hydrogens is 264 g/mol. The van der Waals surface area contributed by atoms with Crippen molar-refractivity contribution in [3.63, 3.8) is 0 Å². The van der Waals surface area contributed by atoms with E-state index in [1.165, 1.54) is 0 Å². The van der Waals surface area contributed by atoms with E-state index >= 15 is 0 Å². The second-order valence-electron chi connectivity index (χ2n) is 5.13. The molecule has 0 bridgehead atoms. The standard InChI is InChI=1S/C12H22N4O4/c1-8(2)15-3-5-16(6-4-15)12(20)14-9(11(18)19)7-10(13)17/h8-9H,3-7H2,1-2H3,(H2,13,17)(H,14,20)(H,18,19)/t9-/m0/s1. The van der Waals surface area contributed by atoms with Crippen LogP contribution in [0.5, 0.6) is 0 Å². The van der Waals surface area contributed by atoms with E-state index in [2.05, 4.69) is 24.1 Å². The molecule has 1 saturated heterocycles. The van der Waals surface area contributed by atoms with Gasteiger partial charge in [0.25, 0.3) is 0 Å². The van der Waals surface area contributed by atoms with E-state index < -0.39 is 30.4 Å². The Labute approximate surface area is 117 Å². The Morgan fingerprint density at radius 2 is 1.75 bits per heavy atom. The Hall–Kier alpha value is -1.83. The molecule has 3 amide bonds. The Bertz CT molecular complexity index is 378. The molecule has 0 aromatic heterocycles. The topological polar surface area (TPSA) is 116 Å². The molecule has 8 nitrogen and oxygen atoms in total. The van der Waals surface area contributed by atoms with Crippen LogP contribution in [0.25, 0.3) is 0 Å². The van der Waals surface area contributed by atoms with Crippen LogP contribution in [0.3, 0.4) is 0 Å². The predicted octanol–water partition coefficient (Wildman–Crippen LogP) is -0.949. The van der Waals surface area contributed by atoms with Gasteiger partial charge >= 0.3 is 12.0 Å². The second kappa shape index (κ2) is 7.09. The van der Waals surface area contributed by atoms with E-state index in [1.54, 1.807) is 4.90 Å². The molecule has 0 aromatic carbocycles. The van der Waals surface area contributed by atoms with Crippen molar-refractivity contribution in [2.45, 2.75) is 32.4 Å². The van der Waals surface area contributed by atoms with Gasteiger partial charge in [0.2, 0.25) is 5.91 Å². The van der Waals surface area contributed by atoms with Crippen molar-refractivity contribution in [3.8, 4) is 0 Å². The first-order valence-corrected chi connectivity index (χ1v) is 6.62. The van der Waals surface area contributed by atoms with Gasteiger partial charge in [-0.1, -0.05) is 0 Å². The average molecular weight is 286 g/mol. The number of urea groups is 1. The number of carboxylic acid groups (broad SMARTS) is 1. The highest BCUT2D eigenvalue weighted by Gasteiger charge is 2.27. The van der Waals surface area contributed by atoms with Crippen LogP contribution in [-0.4, -0.2) is 71.1 Å². The summed E-state index contributed by atoms with van der Waals surface area (Å²) in [6.45, 7) is 6.74. The molecule has 8 heteroatoms. The molecule has 1 atom stereocenters. The smallest absolute Gasteiger partial charge is 0.326 e. The van der Waals surface area contributed by atoms with Gasteiger partial charge in [0, 0.05) is 32.2 Å². The van der Waals surface area contributed by atoms with Gasteiger partial charge in [0.05, 0.1) is 6.42 Å². The molecule has 1 aliphatic heterocycles. The fourth-order valence-corrected chi connectivity index (χ4v) is 2.08. The van der Waals surface area contributed by atoms with Crippen LogP contribution in [0.1, 0.15) is 20.3 Å². The van der Waals surface area contributed by atoms with Crippen LogP contribution >= 0.6 is 0 Å². The van der Waals surface area contributed by atoms with E-state index in [1.807, 2.05) is 0 Å². The summed E-state index contributed by atoms with van der Waals surface area (Å²) in [6.07, 6.45) is -0.410. The van der Waals surface area contributed by atoms with Gasteiger partial charge in [-0.25, -0.2) is 9.59 Å². The first kappa shape index (κ1) is 16.2. The molecule has 1 rings (SSSR count). The van der Waals surface area contributed by atoms with E-state index in [0.29, 0.717) is 19.1 Å². The third-order valence-corrected chi connectivity index (χ3v) is 3.33.